The molecule has 2 heterocycles. The van der Waals surface area contributed by atoms with Crippen molar-refractivity contribution in [2.24, 2.45) is 0 Å². The number of hydrogen-bond donors (Lipinski definition) is 3. The molecule has 2 fully saturated rings. The van der Waals surface area contributed by atoms with Gasteiger partial charge in [-0.05, 0) is 24.3 Å². The minimum absolute atomic E-state index is 0.00997. The Morgan fingerprint density at radius 2 is 1.89 bits per heavy atom. The molecule has 0 amide bonds. The maximum absolute atomic E-state index is 12.6. The van der Waals surface area contributed by atoms with Crippen LogP contribution in [0.4, 0.5) is 0 Å². The van der Waals surface area contributed by atoms with Crippen LogP contribution in [0.1, 0.15) is 0 Å². The Labute approximate surface area is 158 Å². The van der Waals surface area contributed by atoms with Gasteiger partial charge in [0.2, 0.25) is 10.0 Å². The number of nitrogens with one attached hydrogen (secondary N) is 1. The molecule has 0 radical (unpaired) electrons. The lowest BCUT2D eigenvalue weighted by atomic mass is 10.0. The standard InChI is InChI=1S/C17H26N2O7S/c1-24-12-2-4-13(5-3-12)27(22,23)18-10-14-16(17(21)15(11-20)26-14)19-6-8-25-9-7-19/h2-5,14-18,20-21H,6-11H2,1H3/t14-,15+,16+,17-/m1/s1. The summed E-state index contributed by atoms with van der Waals surface area (Å²) in [5.41, 5.74) is 0. The lowest BCUT2D eigenvalue weighted by Crippen LogP contribution is -2.54. The van der Waals surface area contributed by atoms with Crippen LogP contribution in [0, 0.1) is 0 Å². The van der Waals surface area contributed by atoms with Gasteiger partial charge < -0.3 is 24.4 Å². The third-order valence-electron chi connectivity index (χ3n) is 4.95. The first kappa shape index (κ1) is 20.5. The molecule has 0 unspecified atom stereocenters. The Hall–Kier alpha value is -1.27. The van der Waals surface area contributed by atoms with Gasteiger partial charge in [0.05, 0.1) is 44.0 Å². The lowest BCUT2D eigenvalue weighted by molar-refractivity contribution is -0.0207. The third kappa shape index (κ3) is 4.60. The first-order valence-electron chi connectivity index (χ1n) is 8.86. The Morgan fingerprint density at radius 1 is 1.22 bits per heavy atom. The van der Waals surface area contributed by atoms with E-state index in [1.54, 1.807) is 12.1 Å². The van der Waals surface area contributed by atoms with E-state index < -0.39 is 34.4 Å². The molecule has 10 heteroatoms. The van der Waals surface area contributed by atoms with E-state index in [9.17, 15) is 18.6 Å². The summed E-state index contributed by atoms with van der Waals surface area (Å²) in [7, 11) is -2.23. The molecular weight excluding hydrogens is 376 g/mol. The summed E-state index contributed by atoms with van der Waals surface area (Å²) in [6, 6.07) is 5.65. The minimum atomic E-state index is -3.74. The second-order valence-corrected chi connectivity index (χ2v) is 8.32. The number of rotatable bonds is 7. The summed E-state index contributed by atoms with van der Waals surface area (Å²) in [6.45, 7) is 1.97. The third-order valence-corrected chi connectivity index (χ3v) is 6.39. The van der Waals surface area contributed by atoms with Gasteiger partial charge >= 0.3 is 0 Å². The molecule has 0 saturated carbocycles. The second kappa shape index (κ2) is 8.82. The van der Waals surface area contributed by atoms with E-state index in [-0.39, 0.29) is 18.0 Å². The number of nitrogens with zero attached hydrogens (tertiary/aromatic N) is 1. The van der Waals surface area contributed by atoms with E-state index in [2.05, 4.69) is 4.72 Å². The SMILES string of the molecule is COc1ccc(S(=O)(=O)NC[C@H]2O[C@@H](CO)[C@@H](O)[C@H]2N2CCOCC2)cc1. The predicted molar refractivity (Wildman–Crippen MR) is 96.1 cm³/mol. The molecule has 4 atom stereocenters. The molecule has 9 nitrogen and oxygen atoms in total. The Kier molecular flexibility index (Phi) is 6.69. The van der Waals surface area contributed by atoms with Crippen LogP contribution in [0.25, 0.3) is 0 Å². The van der Waals surface area contributed by atoms with Crippen molar-refractivity contribution in [3.63, 3.8) is 0 Å². The van der Waals surface area contributed by atoms with Gasteiger partial charge in [-0.25, -0.2) is 13.1 Å². The summed E-state index contributed by atoms with van der Waals surface area (Å²) in [5.74, 6) is 0.564. The van der Waals surface area contributed by atoms with E-state index in [0.717, 1.165) is 0 Å². The molecule has 0 aliphatic carbocycles. The van der Waals surface area contributed by atoms with Crippen LogP contribution >= 0.6 is 0 Å². The molecule has 3 N–H and O–H groups in total. The number of aliphatic hydroxyl groups is 2. The molecule has 2 aliphatic rings. The zero-order chi connectivity index (χ0) is 19.4. The van der Waals surface area contributed by atoms with Crippen molar-refractivity contribution in [2.45, 2.75) is 29.2 Å². The molecule has 0 aromatic heterocycles. The molecule has 1 aromatic carbocycles. The molecule has 1 aromatic rings. The average Bonchev–Trinajstić information content (AvgIpc) is 3.02. The normalized spacial score (nSPS) is 29.7. The van der Waals surface area contributed by atoms with E-state index in [1.165, 1.54) is 19.2 Å². The van der Waals surface area contributed by atoms with Crippen molar-refractivity contribution >= 4 is 10.0 Å². The highest BCUT2D eigenvalue weighted by Crippen LogP contribution is 2.27. The van der Waals surface area contributed by atoms with Crippen LogP contribution in [0.5, 0.6) is 5.75 Å². The van der Waals surface area contributed by atoms with Crippen molar-refractivity contribution in [3.8, 4) is 5.75 Å². The molecule has 2 saturated heterocycles. The quantitative estimate of drug-likeness (QED) is 0.520. The zero-order valence-electron chi connectivity index (χ0n) is 15.2. The van der Waals surface area contributed by atoms with Crippen LogP contribution in [0.2, 0.25) is 0 Å². The topological polar surface area (TPSA) is 118 Å². The van der Waals surface area contributed by atoms with E-state index >= 15 is 0 Å². The molecule has 152 valence electrons. The van der Waals surface area contributed by atoms with Crippen LogP contribution in [-0.2, 0) is 19.5 Å². The van der Waals surface area contributed by atoms with Gasteiger partial charge in [0, 0.05) is 19.6 Å². The number of ether oxygens (including phenoxy) is 3. The van der Waals surface area contributed by atoms with Gasteiger partial charge in [-0.3, -0.25) is 4.90 Å². The highest BCUT2D eigenvalue weighted by molar-refractivity contribution is 7.89. The maximum atomic E-state index is 12.6. The highest BCUT2D eigenvalue weighted by atomic mass is 32.2. The molecule has 27 heavy (non-hydrogen) atoms. The Bertz CT molecular complexity index is 706. The number of methoxy groups -OCH3 is 1. The van der Waals surface area contributed by atoms with Crippen molar-refractivity contribution in [2.75, 3.05) is 46.6 Å². The Morgan fingerprint density at radius 3 is 2.48 bits per heavy atom. The van der Waals surface area contributed by atoms with Crippen molar-refractivity contribution in [3.05, 3.63) is 24.3 Å². The highest BCUT2D eigenvalue weighted by Gasteiger charge is 2.46. The summed E-state index contributed by atoms with van der Waals surface area (Å²) in [4.78, 5) is 2.14. The van der Waals surface area contributed by atoms with Gasteiger partial charge in [-0.2, -0.15) is 0 Å². The van der Waals surface area contributed by atoms with Gasteiger partial charge in [-0.15, -0.1) is 0 Å². The Balaban J connectivity index is 1.69. The number of sulfonamides is 1. The fourth-order valence-corrected chi connectivity index (χ4v) is 4.55. The average molecular weight is 402 g/mol. The molecule has 0 bridgehead atoms. The summed E-state index contributed by atoms with van der Waals surface area (Å²) in [6.07, 6.45) is -2.22. The number of morpholine rings is 1. The fourth-order valence-electron chi connectivity index (χ4n) is 3.50. The smallest absolute Gasteiger partial charge is 0.240 e. The number of benzene rings is 1. The van der Waals surface area contributed by atoms with Crippen LogP contribution < -0.4 is 9.46 Å². The van der Waals surface area contributed by atoms with Gasteiger partial charge in [0.1, 0.15) is 18.0 Å². The van der Waals surface area contributed by atoms with Crippen LogP contribution in [0.3, 0.4) is 0 Å². The van der Waals surface area contributed by atoms with E-state index in [1.807, 2.05) is 4.90 Å². The largest absolute Gasteiger partial charge is 0.497 e. The number of aliphatic hydroxyl groups excluding tert-OH is 2. The van der Waals surface area contributed by atoms with Crippen molar-refractivity contribution in [1.82, 2.24) is 9.62 Å². The van der Waals surface area contributed by atoms with Gasteiger partial charge in [-0.1, -0.05) is 0 Å². The lowest BCUT2D eigenvalue weighted by Gasteiger charge is -2.36. The van der Waals surface area contributed by atoms with E-state index in [4.69, 9.17) is 14.2 Å². The minimum Gasteiger partial charge on any atom is -0.497 e. The molecule has 2 aliphatic heterocycles. The fraction of sp³-hybridized carbons (Fsp3) is 0.647. The molecular formula is C17H26N2O7S. The van der Waals surface area contributed by atoms with Crippen molar-refractivity contribution in [1.29, 1.82) is 0 Å². The number of hydrogen-bond acceptors (Lipinski definition) is 8. The summed E-state index contributed by atoms with van der Waals surface area (Å²) in [5, 5.41) is 20.0. The monoisotopic (exact) mass is 402 g/mol. The summed E-state index contributed by atoms with van der Waals surface area (Å²) >= 11 is 0. The van der Waals surface area contributed by atoms with Gasteiger partial charge in [0.25, 0.3) is 0 Å². The maximum Gasteiger partial charge on any atom is 0.240 e. The van der Waals surface area contributed by atoms with Gasteiger partial charge in [0.15, 0.2) is 0 Å². The molecule has 0 spiro atoms. The second-order valence-electron chi connectivity index (χ2n) is 6.55. The van der Waals surface area contributed by atoms with Crippen LogP contribution in [0.15, 0.2) is 29.2 Å². The molecule has 3 rings (SSSR count). The zero-order valence-corrected chi connectivity index (χ0v) is 16.0. The first-order chi connectivity index (χ1) is 13.0. The first-order valence-corrected chi connectivity index (χ1v) is 10.3. The summed E-state index contributed by atoms with van der Waals surface area (Å²) < 4.78 is 43.8. The van der Waals surface area contributed by atoms with Crippen molar-refractivity contribution < 1.29 is 32.8 Å². The van der Waals surface area contributed by atoms with Crippen LogP contribution in [-0.4, -0.2) is 94.4 Å². The predicted octanol–water partition coefficient (Wildman–Crippen LogP) is -1.21. The van der Waals surface area contributed by atoms with E-state index in [0.29, 0.717) is 32.1 Å².